The van der Waals surface area contributed by atoms with Gasteiger partial charge in [-0.3, -0.25) is 14.2 Å². The van der Waals surface area contributed by atoms with Gasteiger partial charge in [0.05, 0.1) is 11.6 Å². The van der Waals surface area contributed by atoms with E-state index in [9.17, 15) is 9.59 Å². The Hall–Kier alpha value is -4.47. The molecule has 7 nitrogen and oxygen atoms in total. The summed E-state index contributed by atoms with van der Waals surface area (Å²) in [7, 11) is 1.58. The zero-order valence-corrected chi connectivity index (χ0v) is 26.1. The van der Waals surface area contributed by atoms with E-state index in [2.05, 4.69) is 20.9 Å². The van der Waals surface area contributed by atoms with Crippen molar-refractivity contribution in [2.24, 2.45) is 4.99 Å². The molecule has 216 valence electrons. The van der Waals surface area contributed by atoms with Crippen LogP contribution in [0.3, 0.4) is 0 Å². The molecule has 0 N–H and O–H groups in total. The molecular formula is C34H27BrN2O5S. The summed E-state index contributed by atoms with van der Waals surface area (Å²) in [5.41, 5.74) is 3.43. The van der Waals surface area contributed by atoms with Crippen molar-refractivity contribution in [3.05, 3.63) is 137 Å². The van der Waals surface area contributed by atoms with Crippen molar-refractivity contribution in [3.63, 3.8) is 0 Å². The van der Waals surface area contributed by atoms with E-state index in [-0.39, 0.29) is 11.3 Å². The molecule has 0 spiro atoms. The van der Waals surface area contributed by atoms with Crippen LogP contribution in [-0.4, -0.2) is 17.5 Å². The summed E-state index contributed by atoms with van der Waals surface area (Å²) < 4.78 is 20.8. The van der Waals surface area contributed by atoms with Gasteiger partial charge in [0.2, 0.25) is 0 Å². The molecule has 6 rings (SSSR count). The molecule has 0 unspecified atom stereocenters. The number of benzene rings is 3. The Kier molecular flexibility index (Phi) is 8.01. The molecule has 0 fully saturated rings. The summed E-state index contributed by atoms with van der Waals surface area (Å²) in [6.45, 7) is 3.69. The molecule has 0 aliphatic carbocycles. The van der Waals surface area contributed by atoms with E-state index < -0.39 is 6.04 Å². The van der Waals surface area contributed by atoms with Crippen LogP contribution >= 0.6 is 27.3 Å². The Bertz CT molecular complexity index is 2040. The lowest BCUT2D eigenvalue weighted by Crippen LogP contribution is -2.39. The first-order valence-electron chi connectivity index (χ1n) is 13.6. The maximum absolute atomic E-state index is 13.9. The highest BCUT2D eigenvalue weighted by molar-refractivity contribution is 9.10. The van der Waals surface area contributed by atoms with Gasteiger partial charge in [0.15, 0.2) is 22.1 Å². The number of carbonyl (C=O) groups is 1. The van der Waals surface area contributed by atoms with E-state index in [1.165, 1.54) is 18.3 Å². The van der Waals surface area contributed by atoms with Gasteiger partial charge < -0.3 is 13.9 Å². The van der Waals surface area contributed by atoms with Crippen molar-refractivity contribution >= 4 is 39.1 Å². The number of carbonyl (C=O) groups excluding carboxylic acids is 1. The fourth-order valence-corrected chi connectivity index (χ4v) is 6.40. The zero-order chi connectivity index (χ0) is 30.1. The van der Waals surface area contributed by atoms with Crippen LogP contribution in [0.4, 0.5) is 0 Å². The molecule has 3 heterocycles. The number of hydrogen-bond donors (Lipinski definition) is 0. The molecule has 0 amide bonds. The summed E-state index contributed by atoms with van der Waals surface area (Å²) in [6, 6.07) is 26.1. The quantitative estimate of drug-likeness (QED) is 0.192. The van der Waals surface area contributed by atoms with Crippen LogP contribution in [-0.2, 0) is 11.4 Å². The first-order chi connectivity index (χ1) is 20.8. The number of ether oxygens (including phenoxy) is 2. The molecule has 0 bridgehead atoms. The molecule has 1 atom stereocenters. The Morgan fingerprint density at radius 2 is 1.81 bits per heavy atom. The molecule has 0 radical (unpaired) electrons. The van der Waals surface area contributed by atoms with Gasteiger partial charge in [-0.05, 0) is 67.4 Å². The fourth-order valence-electron chi connectivity index (χ4n) is 5.09. The molecule has 3 aromatic carbocycles. The van der Waals surface area contributed by atoms with Crippen molar-refractivity contribution in [1.82, 2.24) is 4.57 Å². The van der Waals surface area contributed by atoms with Crippen LogP contribution in [0.15, 0.2) is 115 Å². The minimum absolute atomic E-state index is 0.169. The van der Waals surface area contributed by atoms with Gasteiger partial charge in [0, 0.05) is 21.3 Å². The van der Waals surface area contributed by atoms with Crippen LogP contribution in [0, 0.1) is 0 Å². The summed E-state index contributed by atoms with van der Waals surface area (Å²) in [4.78, 5) is 31.9. The third kappa shape index (κ3) is 5.78. The largest absolute Gasteiger partial charge is 0.493 e. The lowest BCUT2D eigenvalue weighted by atomic mass is 9.98. The highest BCUT2D eigenvalue weighted by Crippen LogP contribution is 2.34. The SMILES string of the molecule is COc1cc(/C=c2/sc3n(c2=O)[C@@H](c2ccc(-c4ccc(Br)cc4)o2)C(C(C)=O)=C(C)N=3)ccc1OCc1ccccc1. The average Bonchev–Trinajstić information content (AvgIpc) is 3.61. The van der Waals surface area contributed by atoms with Gasteiger partial charge in [0.1, 0.15) is 24.2 Å². The molecule has 9 heteroatoms. The maximum Gasteiger partial charge on any atom is 0.271 e. The second kappa shape index (κ2) is 12.0. The number of allylic oxidation sites excluding steroid dienone is 2. The molecule has 0 saturated heterocycles. The van der Waals surface area contributed by atoms with E-state index in [1.54, 1.807) is 24.7 Å². The predicted molar refractivity (Wildman–Crippen MR) is 170 cm³/mol. The van der Waals surface area contributed by atoms with E-state index in [0.29, 0.717) is 50.2 Å². The Balaban J connectivity index is 1.38. The van der Waals surface area contributed by atoms with Gasteiger partial charge in [0.25, 0.3) is 5.56 Å². The van der Waals surface area contributed by atoms with Crippen LogP contribution < -0.4 is 24.4 Å². The predicted octanol–water partition coefficient (Wildman–Crippen LogP) is 6.43. The molecule has 0 saturated carbocycles. The number of rotatable bonds is 8. The molecule has 2 aromatic heterocycles. The van der Waals surface area contributed by atoms with Gasteiger partial charge in [-0.25, -0.2) is 4.99 Å². The van der Waals surface area contributed by atoms with Crippen LogP contribution in [0.25, 0.3) is 17.4 Å². The number of hydrogen-bond acceptors (Lipinski definition) is 7. The maximum atomic E-state index is 13.9. The first-order valence-corrected chi connectivity index (χ1v) is 15.2. The Morgan fingerprint density at radius 3 is 2.53 bits per heavy atom. The minimum atomic E-state index is -0.733. The number of aromatic nitrogens is 1. The van der Waals surface area contributed by atoms with E-state index in [1.807, 2.05) is 84.9 Å². The summed E-state index contributed by atoms with van der Waals surface area (Å²) >= 11 is 4.72. The lowest BCUT2D eigenvalue weighted by Gasteiger charge is -2.22. The summed E-state index contributed by atoms with van der Waals surface area (Å²) in [5.74, 6) is 2.13. The number of fused-ring (bicyclic) bond motifs is 1. The number of thiazole rings is 1. The highest BCUT2D eigenvalue weighted by Gasteiger charge is 2.33. The Labute approximate surface area is 260 Å². The number of Topliss-reactive ketones (excluding diaryl/α,β-unsaturated/α-hetero) is 1. The van der Waals surface area contributed by atoms with E-state index >= 15 is 0 Å². The lowest BCUT2D eigenvalue weighted by molar-refractivity contribution is -0.114. The zero-order valence-electron chi connectivity index (χ0n) is 23.7. The van der Waals surface area contributed by atoms with Gasteiger partial charge in [-0.1, -0.05) is 75.8 Å². The molecule has 43 heavy (non-hydrogen) atoms. The fraction of sp³-hybridized carbons (Fsp3) is 0.147. The van der Waals surface area contributed by atoms with Crippen molar-refractivity contribution in [1.29, 1.82) is 0 Å². The van der Waals surface area contributed by atoms with Gasteiger partial charge >= 0.3 is 0 Å². The van der Waals surface area contributed by atoms with Gasteiger partial charge in [-0.15, -0.1) is 0 Å². The molecule has 5 aromatic rings. The summed E-state index contributed by atoms with van der Waals surface area (Å²) in [6.07, 6.45) is 1.80. The van der Waals surface area contributed by atoms with Crippen molar-refractivity contribution < 1.29 is 18.7 Å². The van der Waals surface area contributed by atoms with Crippen molar-refractivity contribution in [2.45, 2.75) is 26.5 Å². The third-order valence-electron chi connectivity index (χ3n) is 7.15. The topological polar surface area (TPSA) is 83.0 Å². The smallest absolute Gasteiger partial charge is 0.271 e. The first kappa shape index (κ1) is 28.6. The minimum Gasteiger partial charge on any atom is -0.493 e. The molecule has 1 aliphatic heterocycles. The number of methoxy groups -OCH3 is 1. The van der Waals surface area contributed by atoms with Crippen molar-refractivity contribution in [2.75, 3.05) is 7.11 Å². The highest BCUT2D eigenvalue weighted by atomic mass is 79.9. The number of furan rings is 1. The van der Waals surface area contributed by atoms with E-state index in [0.717, 1.165) is 21.2 Å². The van der Waals surface area contributed by atoms with Crippen LogP contribution in [0.1, 0.15) is 36.8 Å². The monoisotopic (exact) mass is 654 g/mol. The number of nitrogens with zero attached hydrogens (tertiary/aromatic N) is 2. The molecular weight excluding hydrogens is 628 g/mol. The van der Waals surface area contributed by atoms with Crippen molar-refractivity contribution in [3.8, 4) is 22.8 Å². The standard InChI is InChI=1S/C34H27BrN2O5S/c1-20-31(21(2)38)32(28-16-15-26(42-28)24-10-12-25(35)13-11-24)37-33(39)30(43-34(37)36-20)18-23-9-14-27(29(17-23)40-3)41-19-22-7-5-4-6-8-22/h4-18,32H,19H2,1-3H3/b30-18+/t32-/m0/s1. The second-order valence-corrected chi connectivity index (χ2v) is 12.0. The Morgan fingerprint density at radius 1 is 1.05 bits per heavy atom. The van der Waals surface area contributed by atoms with Gasteiger partial charge in [-0.2, -0.15) is 0 Å². The van der Waals surface area contributed by atoms with Crippen LogP contribution in [0.2, 0.25) is 0 Å². The number of halogens is 1. The molecule has 1 aliphatic rings. The normalized spacial score (nSPS) is 14.8. The number of ketones is 1. The summed E-state index contributed by atoms with van der Waals surface area (Å²) in [5, 5.41) is 0. The second-order valence-electron chi connectivity index (χ2n) is 10.0. The van der Waals surface area contributed by atoms with Crippen LogP contribution in [0.5, 0.6) is 11.5 Å². The van der Waals surface area contributed by atoms with E-state index in [4.69, 9.17) is 13.9 Å². The average molecular weight is 656 g/mol. The third-order valence-corrected chi connectivity index (χ3v) is 8.66.